The van der Waals surface area contributed by atoms with E-state index in [1.54, 1.807) is 12.2 Å². The van der Waals surface area contributed by atoms with Gasteiger partial charge in [-0.25, -0.2) is 0 Å². The lowest BCUT2D eigenvalue weighted by atomic mass is 10.8. The van der Waals surface area contributed by atoms with Crippen molar-refractivity contribution < 1.29 is 20.4 Å². The second kappa shape index (κ2) is 1100. The molecule has 0 aromatic rings. The first-order chi connectivity index (χ1) is 13.7. The van der Waals surface area contributed by atoms with E-state index < -0.39 is 0 Å². The summed E-state index contributed by atoms with van der Waals surface area (Å²) in [4.78, 5) is 0. The van der Waals surface area contributed by atoms with Crippen molar-refractivity contribution in [2.24, 2.45) is 0 Å². The molecule has 0 aromatic carbocycles. The highest BCUT2D eigenvalue weighted by Gasteiger charge is 1.58. The lowest BCUT2D eigenvalue weighted by molar-refractivity contribution is 0.186. The standard InChI is InChI=1S/2C3H6.2C2H6O2.7C2H4/c2*1-3-2;2*3-1-2-4;7*1-2/h2*3H,1H2,2H3;2*3-4H,1-2H2;7*1-2H2. The molecule has 0 heterocycles. The predicted octanol–water partition coefficient (Wildman–Crippen LogP) is 5.94. The van der Waals surface area contributed by atoms with Crippen LogP contribution >= 0.6 is 0 Å². The number of aliphatic hydroxyl groups is 4. The SMILES string of the molecule is C=C.C=C.C=C.C=C.C=C.C=C.C=C.C=CC.C=CC.OCCO.OCCO. The average molecular weight is 405 g/mol. The summed E-state index contributed by atoms with van der Waals surface area (Å²) >= 11 is 0. The molecule has 0 aliphatic rings. The highest BCUT2D eigenvalue weighted by molar-refractivity contribution is 4.52. The molecular formula is C24H52O4. The Morgan fingerprint density at radius 3 is 0.429 bits per heavy atom. The minimum atomic E-state index is -0.125. The average Bonchev–Trinajstić information content (AvgIpc) is 2.84. The molecule has 172 valence electrons. The van der Waals surface area contributed by atoms with Crippen LogP contribution in [0.25, 0.3) is 0 Å². The monoisotopic (exact) mass is 404 g/mol. The number of aliphatic hydroxyl groups excluding tert-OH is 4. The topological polar surface area (TPSA) is 80.9 Å². The van der Waals surface area contributed by atoms with Crippen molar-refractivity contribution in [1.29, 1.82) is 0 Å². The molecule has 4 heteroatoms. The maximum Gasteiger partial charge on any atom is 0.0662 e. The normalized spacial score (nSPS) is 4.07. The van der Waals surface area contributed by atoms with Crippen LogP contribution in [0.3, 0.4) is 0 Å². The fourth-order valence-electron chi connectivity index (χ4n) is 0. The van der Waals surface area contributed by atoms with Gasteiger partial charge in [-0.3, -0.25) is 0 Å². The number of allylic oxidation sites excluding steroid dienone is 2. The van der Waals surface area contributed by atoms with E-state index in [4.69, 9.17) is 20.4 Å². The molecule has 0 aromatic heterocycles. The van der Waals surface area contributed by atoms with Gasteiger partial charge in [0.2, 0.25) is 0 Å². The van der Waals surface area contributed by atoms with Crippen LogP contribution in [0, 0.1) is 0 Å². The van der Waals surface area contributed by atoms with E-state index in [9.17, 15) is 0 Å². The fraction of sp³-hybridized carbons (Fsp3) is 0.250. The number of hydrogen-bond donors (Lipinski definition) is 4. The summed E-state index contributed by atoms with van der Waals surface area (Å²) in [5, 5.41) is 30.5. The van der Waals surface area contributed by atoms with E-state index in [-0.39, 0.29) is 26.4 Å². The quantitative estimate of drug-likeness (QED) is 0.429. The highest BCUT2D eigenvalue weighted by atomic mass is 16.3. The maximum absolute atomic E-state index is 7.62. The molecule has 0 fully saturated rings. The maximum atomic E-state index is 7.62. The summed E-state index contributed by atoms with van der Waals surface area (Å²) in [5.41, 5.74) is 0. The first-order valence-electron chi connectivity index (χ1n) is 7.74. The van der Waals surface area contributed by atoms with Crippen molar-refractivity contribution in [1.82, 2.24) is 0 Å². The van der Waals surface area contributed by atoms with E-state index in [2.05, 4.69) is 105 Å². The van der Waals surface area contributed by atoms with Crippen molar-refractivity contribution in [3.05, 3.63) is 117 Å². The minimum Gasteiger partial charge on any atom is -0.394 e. The van der Waals surface area contributed by atoms with Crippen molar-refractivity contribution >= 4 is 0 Å². The molecule has 28 heavy (non-hydrogen) atoms. The lowest BCUT2D eigenvalue weighted by Crippen LogP contribution is -1.85. The Morgan fingerprint density at radius 2 is 0.429 bits per heavy atom. The summed E-state index contributed by atoms with van der Waals surface area (Å²) in [6, 6.07) is 0. The molecule has 4 N–H and O–H groups in total. The Labute approximate surface area is 178 Å². The first-order valence-corrected chi connectivity index (χ1v) is 7.74. The van der Waals surface area contributed by atoms with Gasteiger partial charge in [-0.15, -0.1) is 105 Å². The minimum absolute atomic E-state index is 0.125. The molecular weight excluding hydrogens is 352 g/mol. The zero-order valence-corrected chi connectivity index (χ0v) is 19.1. The zero-order chi connectivity index (χ0) is 26.2. The van der Waals surface area contributed by atoms with Crippen LogP contribution in [0.15, 0.2) is 117 Å². The molecule has 0 amide bonds. The van der Waals surface area contributed by atoms with Crippen LogP contribution in [0.5, 0.6) is 0 Å². The summed E-state index contributed by atoms with van der Waals surface area (Å²) in [7, 11) is 0. The van der Waals surface area contributed by atoms with Crippen LogP contribution < -0.4 is 0 Å². The van der Waals surface area contributed by atoms with Crippen molar-refractivity contribution in [2.45, 2.75) is 13.8 Å². The van der Waals surface area contributed by atoms with Gasteiger partial charge < -0.3 is 20.4 Å². The zero-order valence-electron chi connectivity index (χ0n) is 19.1. The van der Waals surface area contributed by atoms with Crippen LogP contribution in [0.2, 0.25) is 0 Å². The second-order valence-electron chi connectivity index (χ2n) is 1.71. The molecule has 0 rings (SSSR count). The molecule has 0 aliphatic carbocycles. The Balaban J connectivity index is -0.0000000128. The summed E-state index contributed by atoms with van der Waals surface area (Å²) in [6.45, 7) is 52.0. The summed E-state index contributed by atoms with van der Waals surface area (Å²) in [6.07, 6.45) is 3.50. The summed E-state index contributed by atoms with van der Waals surface area (Å²) < 4.78 is 0. The molecule has 0 radical (unpaired) electrons. The Bertz CT molecular complexity index is 118. The Morgan fingerprint density at radius 1 is 0.393 bits per heavy atom. The first kappa shape index (κ1) is 72.8. The van der Waals surface area contributed by atoms with Crippen LogP contribution in [-0.2, 0) is 0 Å². The molecule has 0 aliphatic heterocycles. The van der Waals surface area contributed by atoms with Gasteiger partial charge in [0, 0.05) is 0 Å². The third kappa shape index (κ3) is 47600. The van der Waals surface area contributed by atoms with Gasteiger partial charge >= 0.3 is 0 Å². The lowest BCUT2D eigenvalue weighted by Gasteiger charge is -1.70. The molecule has 0 saturated heterocycles. The van der Waals surface area contributed by atoms with Crippen molar-refractivity contribution in [2.75, 3.05) is 26.4 Å². The third-order valence-corrected chi connectivity index (χ3v) is 0.200. The van der Waals surface area contributed by atoms with Crippen molar-refractivity contribution in [3.63, 3.8) is 0 Å². The van der Waals surface area contributed by atoms with E-state index >= 15 is 0 Å². The summed E-state index contributed by atoms with van der Waals surface area (Å²) in [5.74, 6) is 0. The van der Waals surface area contributed by atoms with Gasteiger partial charge in [0.05, 0.1) is 26.4 Å². The Hall–Kier alpha value is -2.50. The van der Waals surface area contributed by atoms with E-state index in [1.165, 1.54) is 0 Å². The molecule has 0 atom stereocenters. The van der Waals surface area contributed by atoms with E-state index in [1.807, 2.05) is 13.8 Å². The van der Waals surface area contributed by atoms with Gasteiger partial charge in [-0.1, -0.05) is 12.2 Å². The van der Waals surface area contributed by atoms with Crippen molar-refractivity contribution in [3.8, 4) is 0 Å². The highest BCUT2D eigenvalue weighted by Crippen LogP contribution is 1.40. The van der Waals surface area contributed by atoms with Gasteiger partial charge in [0.1, 0.15) is 0 Å². The van der Waals surface area contributed by atoms with E-state index in [0.717, 1.165) is 0 Å². The number of rotatable bonds is 2. The number of hydrogen-bond acceptors (Lipinski definition) is 4. The van der Waals surface area contributed by atoms with Gasteiger partial charge in [-0.2, -0.15) is 0 Å². The largest absolute Gasteiger partial charge is 0.394 e. The molecule has 0 spiro atoms. The van der Waals surface area contributed by atoms with Gasteiger partial charge in [0.15, 0.2) is 0 Å². The predicted molar refractivity (Wildman–Crippen MR) is 139 cm³/mol. The molecule has 0 unspecified atom stereocenters. The molecule has 4 nitrogen and oxygen atoms in total. The molecule has 0 saturated carbocycles. The van der Waals surface area contributed by atoms with Crippen LogP contribution in [0.4, 0.5) is 0 Å². The molecule has 0 bridgehead atoms. The Kier molecular flexibility index (Phi) is 2870. The van der Waals surface area contributed by atoms with Crippen LogP contribution in [-0.4, -0.2) is 46.9 Å². The van der Waals surface area contributed by atoms with Gasteiger partial charge in [0.25, 0.3) is 0 Å². The van der Waals surface area contributed by atoms with E-state index in [0.29, 0.717) is 0 Å². The third-order valence-electron chi connectivity index (χ3n) is 0.200. The smallest absolute Gasteiger partial charge is 0.0662 e. The fourth-order valence-corrected chi connectivity index (χ4v) is 0. The van der Waals surface area contributed by atoms with Gasteiger partial charge in [-0.05, 0) is 13.8 Å². The second-order valence-corrected chi connectivity index (χ2v) is 1.71. The van der Waals surface area contributed by atoms with Crippen LogP contribution in [0.1, 0.15) is 13.8 Å².